The monoisotopic (exact) mass is 219 g/mol. The molecule has 3 nitrogen and oxygen atoms in total. The van der Waals surface area contributed by atoms with E-state index >= 15 is 0 Å². The highest BCUT2D eigenvalue weighted by atomic mass is 15.1. The van der Waals surface area contributed by atoms with Gasteiger partial charge in [0.25, 0.3) is 0 Å². The van der Waals surface area contributed by atoms with E-state index in [-0.39, 0.29) is 0 Å². The highest BCUT2D eigenvalue weighted by Crippen LogP contribution is 2.12. The van der Waals surface area contributed by atoms with E-state index in [9.17, 15) is 0 Å². The minimum atomic E-state index is 0.808. The Balaban J connectivity index is 1.77. The second-order valence-electron chi connectivity index (χ2n) is 4.73. The van der Waals surface area contributed by atoms with Gasteiger partial charge in [-0.2, -0.15) is 0 Å². The Morgan fingerprint density at radius 3 is 3.12 bits per heavy atom. The van der Waals surface area contributed by atoms with Crippen molar-refractivity contribution in [3.8, 4) is 0 Å². The minimum Gasteiger partial charge on any atom is -0.316 e. The summed E-state index contributed by atoms with van der Waals surface area (Å²) < 4.78 is 0. The minimum absolute atomic E-state index is 0.808. The Morgan fingerprint density at radius 1 is 1.50 bits per heavy atom. The Hall–Kier alpha value is -0.930. The number of hydrogen-bond donors (Lipinski definition) is 1. The van der Waals surface area contributed by atoms with Gasteiger partial charge in [-0.1, -0.05) is 6.07 Å². The first-order chi connectivity index (χ1) is 7.84. The summed E-state index contributed by atoms with van der Waals surface area (Å²) in [5, 5.41) is 3.46. The molecule has 0 saturated carbocycles. The average molecular weight is 219 g/mol. The zero-order valence-corrected chi connectivity index (χ0v) is 10.0. The molecule has 3 heteroatoms. The first-order valence-electron chi connectivity index (χ1n) is 6.14. The highest BCUT2D eigenvalue weighted by molar-refractivity contribution is 5.03. The number of piperidine rings is 1. The first kappa shape index (κ1) is 11.6. The molecule has 0 radical (unpaired) electrons. The second kappa shape index (κ2) is 5.97. The van der Waals surface area contributed by atoms with Crippen LogP contribution in [-0.2, 0) is 6.54 Å². The molecule has 1 aliphatic heterocycles. The Morgan fingerprint density at radius 2 is 2.44 bits per heavy atom. The molecule has 1 N–H and O–H groups in total. The van der Waals surface area contributed by atoms with Gasteiger partial charge >= 0.3 is 0 Å². The van der Waals surface area contributed by atoms with Crippen LogP contribution in [0.3, 0.4) is 0 Å². The van der Waals surface area contributed by atoms with Gasteiger partial charge in [0.05, 0.1) is 5.69 Å². The van der Waals surface area contributed by atoms with Crippen molar-refractivity contribution in [2.75, 3.05) is 26.7 Å². The quantitative estimate of drug-likeness (QED) is 0.832. The summed E-state index contributed by atoms with van der Waals surface area (Å²) in [6.45, 7) is 4.49. The molecule has 16 heavy (non-hydrogen) atoms. The van der Waals surface area contributed by atoms with Crippen LogP contribution in [0.2, 0.25) is 0 Å². The third-order valence-electron chi connectivity index (χ3n) is 3.13. The van der Waals surface area contributed by atoms with Crippen LogP contribution in [0.4, 0.5) is 0 Å². The number of nitrogens with zero attached hydrogens (tertiary/aromatic N) is 2. The summed E-state index contributed by atoms with van der Waals surface area (Å²) >= 11 is 0. The van der Waals surface area contributed by atoms with Crippen LogP contribution in [0.15, 0.2) is 24.4 Å². The maximum absolute atomic E-state index is 4.35. The van der Waals surface area contributed by atoms with E-state index in [1.807, 2.05) is 12.3 Å². The Bertz CT molecular complexity index is 293. The fourth-order valence-corrected chi connectivity index (χ4v) is 2.35. The van der Waals surface area contributed by atoms with Gasteiger partial charge in [0, 0.05) is 19.3 Å². The van der Waals surface area contributed by atoms with E-state index in [2.05, 4.69) is 34.4 Å². The van der Waals surface area contributed by atoms with Gasteiger partial charge in [-0.3, -0.25) is 4.98 Å². The third-order valence-corrected chi connectivity index (χ3v) is 3.13. The summed E-state index contributed by atoms with van der Waals surface area (Å²) in [6, 6.07) is 6.11. The molecule has 2 rings (SSSR count). The standard InChI is InChI=1S/C13H21N3/c1-16(10-12-5-4-7-14-9-12)11-13-6-2-3-8-15-13/h2-3,6,8,12,14H,4-5,7,9-11H2,1H3/t12-/m1/s1. The lowest BCUT2D eigenvalue weighted by Gasteiger charge is -2.27. The Labute approximate surface area is 97.9 Å². The van der Waals surface area contributed by atoms with Gasteiger partial charge in [0.15, 0.2) is 0 Å². The molecule has 88 valence electrons. The zero-order chi connectivity index (χ0) is 11.2. The van der Waals surface area contributed by atoms with Gasteiger partial charge in [0.2, 0.25) is 0 Å². The summed E-state index contributed by atoms with van der Waals surface area (Å²) in [5.41, 5.74) is 1.16. The molecule has 2 heterocycles. The summed E-state index contributed by atoms with van der Waals surface area (Å²) in [7, 11) is 2.18. The van der Waals surface area contributed by atoms with E-state index in [1.165, 1.54) is 32.5 Å². The smallest absolute Gasteiger partial charge is 0.0543 e. The molecule has 1 atom stereocenters. The van der Waals surface area contributed by atoms with Crippen molar-refractivity contribution in [3.63, 3.8) is 0 Å². The lowest BCUT2D eigenvalue weighted by atomic mass is 9.99. The molecule has 1 saturated heterocycles. The van der Waals surface area contributed by atoms with Crippen LogP contribution in [0.1, 0.15) is 18.5 Å². The van der Waals surface area contributed by atoms with Crippen molar-refractivity contribution in [1.29, 1.82) is 0 Å². The van der Waals surface area contributed by atoms with Gasteiger partial charge in [-0.25, -0.2) is 0 Å². The maximum atomic E-state index is 4.35. The van der Waals surface area contributed by atoms with E-state index in [0.29, 0.717) is 0 Å². The van der Waals surface area contributed by atoms with Crippen LogP contribution in [-0.4, -0.2) is 36.6 Å². The van der Waals surface area contributed by atoms with Crippen LogP contribution < -0.4 is 5.32 Å². The Kier molecular flexibility index (Phi) is 4.31. The lowest BCUT2D eigenvalue weighted by molar-refractivity contribution is 0.235. The van der Waals surface area contributed by atoms with E-state index < -0.39 is 0 Å². The molecular weight excluding hydrogens is 198 g/mol. The fourth-order valence-electron chi connectivity index (χ4n) is 2.35. The van der Waals surface area contributed by atoms with Crippen molar-refractivity contribution < 1.29 is 0 Å². The molecular formula is C13H21N3. The van der Waals surface area contributed by atoms with Crippen molar-refractivity contribution >= 4 is 0 Å². The second-order valence-corrected chi connectivity index (χ2v) is 4.73. The van der Waals surface area contributed by atoms with Crippen molar-refractivity contribution in [1.82, 2.24) is 15.2 Å². The summed E-state index contributed by atoms with van der Waals surface area (Å²) in [6.07, 6.45) is 4.55. The number of aromatic nitrogens is 1. The third kappa shape index (κ3) is 3.58. The molecule has 0 spiro atoms. The number of nitrogens with one attached hydrogen (secondary N) is 1. The molecule has 0 aliphatic carbocycles. The molecule has 0 bridgehead atoms. The lowest BCUT2D eigenvalue weighted by Crippen LogP contribution is -2.36. The maximum Gasteiger partial charge on any atom is 0.0543 e. The normalized spacial score (nSPS) is 21.2. The SMILES string of the molecule is CN(Cc1ccccn1)C[C@@H]1CCCNC1. The zero-order valence-electron chi connectivity index (χ0n) is 10.0. The average Bonchev–Trinajstić information content (AvgIpc) is 2.31. The summed E-state index contributed by atoms with van der Waals surface area (Å²) in [4.78, 5) is 6.73. The molecule has 1 aromatic rings. The van der Waals surface area contributed by atoms with Gasteiger partial charge in [0.1, 0.15) is 0 Å². The molecule has 1 fully saturated rings. The number of hydrogen-bond acceptors (Lipinski definition) is 3. The molecule has 0 amide bonds. The van der Waals surface area contributed by atoms with Crippen molar-refractivity contribution in [2.45, 2.75) is 19.4 Å². The summed E-state index contributed by atoms with van der Waals surface area (Å²) in [5.74, 6) is 0.808. The van der Waals surface area contributed by atoms with E-state index in [1.54, 1.807) is 0 Å². The van der Waals surface area contributed by atoms with Crippen molar-refractivity contribution in [2.24, 2.45) is 5.92 Å². The van der Waals surface area contributed by atoms with Crippen LogP contribution in [0.5, 0.6) is 0 Å². The predicted molar refractivity (Wildman–Crippen MR) is 66.2 cm³/mol. The largest absolute Gasteiger partial charge is 0.316 e. The van der Waals surface area contributed by atoms with Crippen molar-refractivity contribution in [3.05, 3.63) is 30.1 Å². The molecule has 0 unspecified atom stereocenters. The van der Waals surface area contributed by atoms with E-state index in [4.69, 9.17) is 0 Å². The van der Waals surface area contributed by atoms with Crippen LogP contribution >= 0.6 is 0 Å². The van der Waals surface area contributed by atoms with Gasteiger partial charge in [-0.15, -0.1) is 0 Å². The van der Waals surface area contributed by atoms with Gasteiger partial charge in [-0.05, 0) is 51.0 Å². The fraction of sp³-hybridized carbons (Fsp3) is 0.615. The highest BCUT2D eigenvalue weighted by Gasteiger charge is 2.14. The predicted octanol–water partition coefficient (Wildman–Crippen LogP) is 1.51. The molecule has 0 aromatic carbocycles. The van der Waals surface area contributed by atoms with Crippen LogP contribution in [0.25, 0.3) is 0 Å². The molecule has 1 aromatic heterocycles. The first-order valence-corrected chi connectivity index (χ1v) is 6.14. The van der Waals surface area contributed by atoms with Crippen LogP contribution in [0, 0.1) is 5.92 Å². The topological polar surface area (TPSA) is 28.2 Å². The van der Waals surface area contributed by atoms with E-state index in [0.717, 1.165) is 18.2 Å². The number of rotatable bonds is 4. The molecule has 1 aliphatic rings. The van der Waals surface area contributed by atoms with Gasteiger partial charge < -0.3 is 10.2 Å². The number of pyridine rings is 1.